The SMILES string of the molecule is CCP(c1ccccc1C)C(C)(C)C.[Pd]. The van der Waals surface area contributed by atoms with Gasteiger partial charge < -0.3 is 0 Å². The number of hydrogen-bond acceptors (Lipinski definition) is 0. The summed E-state index contributed by atoms with van der Waals surface area (Å²) in [6.07, 6.45) is 1.28. The third-order valence-corrected chi connectivity index (χ3v) is 5.87. The summed E-state index contributed by atoms with van der Waals surface area (Å²) >= 11 is 0. The Morgan fingerprint density at radius 1 is 1.13 bits per heavy atom. The van der Waals surface area contributed by atoms with E-state index in [9.17, 15) is 0 Å². The molecule has 0 aliphatic heterocycles. The first-order valence-corrected chi connectivity index (χ1v) is 6.82. The van der Waals surface area contributed by atoms with Gasteiger partial charge in [-0.1, -0.05) is 59.9 Å². The van der Waals surface area contributed by atoms with Gasteiger partial charge in [0.05, 0.1) is 0 Å². The maximum absolute atomic E-state index is 2.36. The molecular weight excluding hydrogens is 294 g/mol. The summed E-state index contributed by atoms with van der Waals surface area (Å²) < 4.78 is 0. The number of hydrogen-bond donors (Lipinski definition) is 0. The number of aryl methyl sites for hydroxylation is 1. The van der Waals surface area contributed by atoms with Crippen molar-refractivity contribution in [1.82, 2.24) is 0 Å². The molecule has 2 heteroatoms. The molecule has 0 radical (unpaired) electrons. The van der Waals surface area contributed by atoms with Gasteiger partial charge in [-0.15, -0.1) is 0 Å². The minimum absolute atomic E-state index is 0. The molecule has 0 aliphatic carbocycles. The van der Waals surface area contributed by atoms with E-state index >= 15 is 0 Å². The van der Waals surface area contributed by atoms with Gasteiger partial charge in [-0.2, -0.15) is 0 Å². The molecule has 0 N–H and O–H groups in total. The fraction of sp³-hybridized carbons (Fsp3) is 0.538. The smallest absolute Gasteiger partial charge is 0 e. The first-order chi connectivity index (χ1) is 6.46. The van der Waals surface area contributed by atoms with E-state index in [1.165, 1.54) is 11.7 Å². The largest absolute Gasteiger partial charge is 0.0698 e. The van der Waals surface area contributed by atoms with Crippen molar-refractivity contribution in [2.24, 2.45) is 0 Å². The molecular formula is C13H21PPd. The van der Waals surface area contributed by atoms with Gasteiger partial charge in [0.2, 0.25) is 0 Å². The van der Waals surface area contributed by atoms with Gasteiger partial charge in [-0.25, -0.2) is 0 Å². The zero-order valence-electron chi connectivity index (χ0n) is 10.3. The molecule has 1 rings (SSSR count). The van der Waals surface area contributed by atoms with Crippen LogP contribution in [0.3, 0.4) is 0 Å². The molecule has 0 spiro atoms. The van der Waals surface area contributed by atoms with Crippen LogP contribution in [0.25, 0.3) is 0 Å². The molecule has 0 fully saturated rings. The Bertz CT molecular complexity index is 302. The van der Waals surface area contributed by atoms with Crippen LogP contribution in [0.4, 0.5) is 0 Å². The summed E-state index contributed by atoms with van der Waals surface area (Å²) in [6.45, 7) is 11.6. The monoisotopic (exact) mass is 314 g/mol. The molecule has 0 aromatic heterocycles. The van der Waals surface area contributed by atoms with Crippen molar-refractivity contribution in [2.75, 3.05) is 6.16 Å². The quantitative estimate of drug-likeness (QED) is 0.573. The van der Waals surface area contributed by atoms with E-state index in [0.29, 0.717) is 5.16 Å². The van der Waals surface area contributed by atoms with E-state index in [2.05, 4.69) is 58.9 Å². The third-order valence-electron chi connectivity index (χ3n) is 2.53. The molecule has 0 bridgehead atoms. The summed E-state index contributed by atoms with van der Waals surface area (Å²) in [7, 11) is -0.0154. The molecule has 0 amide bonds. The van der Waals surface area contributed by atoms with E-state index in [4.69, 9.17) is 0 Å². The summed E-state index contributed by atoms with van der Waals surface area (Å²) in [5.74, 6) is 0. The first kappa shape index (κ1) is 15.3. The fourth-order valence-electron chi connectivity index (χ4n) is 1.87. The Kier molecular flexibility index (Phi) is 6.28. The minimum atomic E-state index is -0.0154. The molecule has 0 heterocycles. The number of benzene rings is 1. The minimum Gasteiger partial charge on any atom is -0.0698 e. The molecule has 0 saturated carbocycles. The number of rotatable bonds is 2. The topological polar surface area (TPSA) is 0 Å². The third kappa shape index (κ3) is 3.99. The standard InChI is InChI=1S/C13H21P.Pd/c1-6-14(13(3,4)5)12-10-8-7-9-11(12)2;/h7-10H,6H2,1-5H3;. The summed E-state index contributed by atoms with van der Waals surface area (Å²) in [5.41, 5.74) is 1.45. The van der Waals surface area contributed by atoms with Crippen molar-refractivity contribution in [2.45, 2.75) is 39.8 Å². The predicted octanol–water partition coefficient (Wildman–Crippen LogP) is 3.92. The van der Waals surface area contributed by atoms with Crippen LogP contribution in [-0.4, -0.2) is 11.3 Å². The molecule has 1 atom stereocenters. The van der Waals surface area contributed by atoms with Crippen molar-refractivity contribution in [1.29, 1.82) is 0 Å². The van der Waals surface area contributed by atoms with Crippen LogP contribution in [0, 0.1) is 6.92 Å². The molecule has 1 unspecified atom stereocenters. The second-order valence-electron chi connectivity index (χ2n) is 4.70. The Hall–Kier alpha value is 0.312. The van der Waals surface area contributed by atoms with E-state index in [-0.39, 0.29) is 28.3 Å². The Morgan fingerprint density at radius 3 is 2.07 bits per heavy atom. The van der Waals surface area contributed by atoms with Gasteiger partial charge in [0.15, 0.2) is 0 Å². The zero-order valence-corrected chi connectivity index (χ0v) is 12.7. The fourth-order valence-corrected chi connectivity index (χ4v) is 4.65. The summed E-state index contributed by atoms with van der Waals surface area (Å²) in [4.78, 5) is 0. The van der Waals surface area contributed by atoms with E-state index in [0.717, 1.165) is 0 Å². The van der Waals surface area contributed by atoms with E-state index in [1.54, 1.807) is 5.30 Å². The Balaban J connectivity index is 0.00000196. The summed E-state index contributed by atoms with van der Waals surface area (Å²) in [5, 5.41) is 2.01. The molecule has 1 aromatic carbocycles. The van der Waals surface area contributed by atoms with Crippen molar-refractivity contribution >= 4 is 13.2 Å². The molecule has 0 saturated heterocycles. The first-order valence-electron chi connectivity index (χ1n) is 5.30. The average molecular weight is 315 g/mol. The van der Waals surface area contributed by atoms with Crippen LogP contribution in [-0.2, 0) is 20.4 Å². The Labute approximate surface area is 109 Å². The maximum Gasteiger partial charge on any atom is 0 e. The normalized spacial score (nSPS) is 13.1. The van der Waals surface area contributed by atoms with Gasteiger partial charge in [0, 0.05) is 20.4 Å². The maximum atomic E-state index is 2.36. The van der Waals surface area contributed by atoms with Gasteiger partial charge in [0.1, 0.15) is 0 Å². The molecule has 15 heavy (non-hydrogen) atoms. The molecule has 0 aliphatic rings. The van der Waals surface area contributed by atoms with Crippen molar-refractivity contribution in [3.05, 3.63) is 29.8 Å². The van der Waals surface area contributed by atoms with Crippen LogP contribution in [0.2, 0.25) is 0 Å². The van der Waals surface area contributed by atoms with Gasteiger partial charge in [-0.3, -0.25) is 0 Å². The zero-order chi connectivity index (χ0) is 10.8. The van der Waals surface area contributed by atoms with Gasteiger partial charge >= 0.3 is 0 Å². The molecule has 88 valence electrons. The molecule has 1 aromatic rings. The average Bonchev–Trinajstić information content (AvgIpc) is 2.07. The second-order valence-corrected chi connectivity index (χ2v) is 8.01. The van der Waals surface area contributed by atoms with Gasteiger partial charge in [-0.05, 0) is 29.1 Å². The van der Waals surface area contributed by atoms with Gasteiger partial charge in [0.25, 0.3) is 0 Å². The Morgan fingerprint density at radius 2 is 1.67 bits per heavy atom. The van der Waals surface area contributed by atoms with Crippen molar-refractivity contribution < 1.29 is 20.4 Å². The van der Waals surface area contributed by atoms with Crippen LogP contribution >= 0.6 is 7.92 Å². The second kappa shape index (κ2) is 6.15. The predicted molar refractivity (Wildman–Crippen MR) is 68.0 cm³/mol. The van der Waals surface area contributed by atoms with Crippen LogP contribution < -0.4 is 5.30 Å². The van der Waals surface area contributed by atoms with Crippen molar-refractivity contribution in [3.8, 4) is 0 Å². The van der Waals surface area contributed by atoms with E-state index in [1.807, 2.05) is 0 Å². The molecule has 0 nitrogen and oxygen atoms in total. The summed E-state index contributed by atoms with van der Waals surface area (Å²) in [6, 6.07) is 8.82. The van der Waals surface area contributed by atoms with Crippen LogP contribution in [0.5, 0.6) is 0 Å². The van der Waals surface area contributed by atoms with Crippen molar-refractivity contribution in [3.63, 3.8) is 0 Å². The van der Waals surface area contributed by atoms with Crippen LogP contribution in [0.15, 0.2) is 24.3 Å². The van der Waals surface area contributed by atoms with E-state index < -0.39 is 0 Å². The van der Waals surface area contributed by atoms with Crippen LogP contribution in [0.1, 0.15) is 33.3 Å².